The fourth-order valence-corrected chi connectivity index (χ4v) is 5.41. The van der Waals surface area contributed by atoms with Crippen molar-refractivity contribution in [3.63, 3.8) is 0 Å². The van der Waals surface area contributed by atoms with Gasteiger partial charge in [0.1, 0.15) is 23.9 Å². The molecule has 3 aliphatic rings. The number of carboxylic acids is 1. The van der Waals surface area contributed by atoms with Gasteiger partial charge in [-0.1, -0.05) is 19.1 Å². The largest absolute Gasteiger partial charge is 0.481 e. The number of rotatable bonds is 6. The van der Waals surface area contributed by atoms with Crippen molar-refractivity contribution in [1.29, 1.82) is 0 Å². The first-order valence-corrected chi connectivity index (χ1v) is 9.73. The first-order valence-electron chi connectivity index (χ1n) is 9.73. The van der Waals surface area contributed by atoms with Gasteiger partial charge in [0, 0.05) is 11.8 Å². The zero-order valence-electron chi connectivity index (χ0n) is 16.3. The van der Waals surface area contributed by atoms with E-state index in [4.69, 9.17) is 20.3 Å². The number of carbonyl (C=O) groups excluding carboxylic acids is 1. The second-order valence-corrected chi connectivity index (χ2v) is 8.83. The van der Waals surface area contributed by atoms with Crippen LogP contribution in [0.15, 0.2) is 12.2 Å². The molecule has 0 radical (unpaired) electrons. The molecule has 0 aromatic heterocycles. The zero-order valence-corrected chi connectivity index (χ0v) is 16.3. The van der Waals surface area contributed by atoms with Gasteiger partial charge in [0.15, 0.2) is 0 Å². The molecule has 0 amide bonds. The summed E-state index contributed by atoms with van der Waals surface area (Å²) in [6.07, 6.45) is 0.708. The highest BCUT2D eigenvalue weighted by Gasteiger charge is 2.74. The lowest BCUT2D eigenvalue weighted by molar-refractivity contribution is -0.171. The third kappa shape index (κ3) is 3.19. The molecule has 0 bridgehead atoms. The average molecular weight is 381 g/mol. The minimum absolute atomic E-state index is 0.0266. The third-order valence-electron chi connectivity index (χ3n) is 7.17. The molecule has 4 N–H and O–H groups in total. The Balaban J connectivity index is 1.87. The van der Waals surface area contributed by atoms with E-state index < -0.39 is 41.2 Å². The van der Waals surface area contributed by atoms with Crippen molar-refractivity contribution in [3.8, 4) is 0 Å². The summed E-state index contributed by atoms with van der Waals surface area (Å²) in [5.74, 6) is -1.24. The normalized spacial score (nSPS) is 43.8. The molecule has 152 valence electrons. The summed E-state index contributed by atoms with van der Waals surface area (Å²) in [5, 5.41) is 19.6. The summed E-state index contributed by atoms with van der Waals surface area (Å²) in [4.78, 5) is 23.4. The molecule has 1 aliphatic heterocycles. The number of carbonyl (C=O) groups is 2. The first kappa shape index (κ1) is 20.3. The van der Waals surface area contributed by atoms with Gasteiger partial charge in [0.05, 0.1) is 6.10 Å². The maximum atomic E-state index is 12.6. The van der Waals surface area contributed by atoms with Crippen LogP contribution in [0.4, 0.5) is 0 Å². The molecule has 1 heterocycles. The van der Waals surface area contributed by atoms with Crippen LogP contribution in [0.25, 0.3) is 0 Å². The van der Waals surface area contributed by atoms with Crippen molar-refractivity contribution >= 4 is 11.9 Å². The predicted molar refractivity (Wildman–Crippen MR) is 97.8 cm³/mol. The molecule has 8 atom stereocenters. The lowest BCUT2D eigenvalue weighted by atomic mass is 9.58. The second kappa shape index (κ2) is 6.87. The number of carboxylic acid groups (broad SMARTS) is 1. The molecule has 3 fully saturated rings. The standard InChI is InChI=1S/C20H31NO6/c1-10(2)12-6-5-11(3)20(12)9-14(22)19(4)16(27-19)17(20)26-18(25)13(21)7-8-15(23)24/h11-14,16-17,22H,1,5-9,21H2,2-4H3,(H,23,24)/t11-,12-,13+,14-,16+,17+,19-,20+/m0/s1. The van der Waals surface area contributed by atoms with Gasteiger partial charge in [-0.25, -0.2) is 0 Å². The number of epoxide rings is 1. The molecule has 1 spiro atoms. The topological polar surface area (TPSA) is 122 Å². The minimum atomic E-state index is -1.000. The lowest BCUT2D eigenvalue weighted by Gasteiger charge is -2.49. The number of esters is 1. The Morgan fingerprint density at radius 1 is 1.41 bits per heavy atom. The van der Waals surface area contributed by atoms with E-state index in [1.807, 2.05) is 13.8 Å². The Bertz CT molecular complexity index is 650. The average Bonchev–Trinajstić information content (AvgIpc) is 3.18. The van der Waals surface area contributed by atoms with Crippen LogP contribution in [-0.4, -0.2) is 52.1 Å². The summed E-state index contributed by atoms with van der Waals surface area (Å²) >= 11 is 0. The highest BCUT2D eigenvalue weighted by atomic mass is 16.7. The van der Waals surface area contributed by atoms with Gasteiger partial charge in [-0.15, -0.1) is 0 Å². The molecule has 3 rings (SSSR count). The molecule has 0 aromatic rings. The van der Waals surface area contributed by atoms with E-state index in [0.717, 1.165) is 18.4 Å². The molecule has 2 aliphatic carbocycles. The van der Waals surface area contributed by atoms with E-state index in [0.29, 0.717) is 6.42 Å². The van der Waals surface area contributed by atoms with E-state index in [1.165, 1.54) is 0 Å². The van der Waals surface area contributed by atoms with Crippen molar-refractivity contribution in [2.75, 3.05) is 0 Å². The van der Waals surface area contributed by atoms with Crippen LogP contribution in [0.5, 0.6) is 0 Å². The van der Waals surface area contributed by atoms with Crippen LogP contribution in [-0.2, 0) is 19.1 Å². The fraction of sp³-hybridized carbons (Fsp3) is 0.800. The molecule has 27 heavy (non-hydrogen) atoms. The van der Waals surface area contributed by atoms with Gasteiger partial charge in [-0.05, 0) is 51.4 Å². The SMILES string of the molecule is C=C(C)[C@@H]1CC[C@H](C)[C@]12C[C@H](O)[C@]1(C)O[C@@H]1[C@H]2OC(=O)[C@H](N)CCC(=O)O. The number of allylic oxidation sites excluding steroid dienone is 1. The quantitative estimate of drug-likeness (QED) is 0.363. The maximum Gasteiger partial charge on any atom is 0.323 e. The summed E-state index contributed by atoms with van der Waals surface area (Å²) in [5.41, 5.74) is 5.75. The molecular formula is C20H31NO6. The smallest absolute Gasteiger partial charge is 0.323 e. The summed E-state index contributed by atoms with van der Waals surface area (Å²) < 4.78 is 11.7. The number of aliphatic carboxylic acids is 1. The molecule has 0 aromatic carbocycles. The number of ether oxygens (including phenoxy) is 2. The molecule has 1 saturated heterocycles. The molecule has 7 heteroatoms. The fourth-order valence-electron chi connectivity index (χ4n) is 5.41. The number of nitrogens with two attached hydrogens (primary N) is 1. The van der Waals surface area contributed by atoms with Gasteiger partial charge in [-0.2, -0.15) is 0 Å². The highest BCUT2D eigenvalue weighted by molar-refractivity contribution is 5.77. The predicted octanol–water partition coefficient (Wildman–Crippen LogP) is 1.62. The molecule has 2 saturated carbocycles. The van der Waals surface area contributed by atoms with Crippen LogP contribution in [0.1, 0.15) is 52.9 Å². The van der Waals surface area contributed by atoms with Crippen LogP contribution >= 0.6 is 0 Å². The van der Waals surface area contributed by atoms with E-state index >= 15 is 0 Å². The number of hydrogen-bond donors (Lipinski definition) is 3. The van der Waals surface area contributed by atoms with Gasteiger partial charge in [0.2, 0.25) is 0 Å². The second-order valence-electron chi connectivity index (χ2n) is 8.83. The van der Waals surface area contributed by atoms with Gasteiger partial charge >= 0.3 is 11.9 Å². The summed E-state index contributed by atoms with van der Waals surface area (Å²) in [6, 6.07) is -0.991. The van der Waals surface area contributed by atoms with Crippen LogP contribution in [0.3, 0.4) is 0 Å². The van der Waals surface area contributed by atoms with E-state index in [1.54, 1.807) is 0 Å². The van der Waals surface area contributed by atoms with Crippen molar-refractivity contribution in [3.05, 3.63) is 12.2 Å². The Morgan fingerprint density at radius 2 is 2.07 bits per heavy atom. The molecular weight excluding hydrogens is 350 g/mol. The molecule has 7 nitrogen and oxygen atoms in total. The van der Waals surface area contributed by atoms with Crippen molar-refractivity contribution in [2.24, 2.45) is 23.0 Å². The Kier molecular flexibility index (Phi) is 5.16. The number of hydrogen-bond acceptors (Lipinski definition) is 6. The number of aliphatic hydroxyl groups excluding tert-OH is 1. The Hall–Kier alpha value is -1.44. The van der Waals surface area contributed by atoms with E-state index in [9.17, 15) is 14.7 Å². The molecule has 0 unspecified atom stereocenters. The lowest BCUT2D eigenvalue weighted by Crippen LogP contribution is -2.58. The number of aliphatic hydroxyl groups is 1. The van der Waals surface area contributed by atoms with Crippen LogP contribution < -0.4 is 5.73 Å². The van der Waals surface area contributed by atoms with Gasteiger partial charge in [0.25, 0.3) is 0 Å². The minimum Gasteiger partial charge on any atom is -0.481 e. The summed E-state index contributed by atoms with van der Waals surface area (Å²) in [6.45, 7) is 10.1. The third-order valence-corrected chi connectivity index (χ3v) is 7.17. The Morgan fingerprint density at radius 3 is 2.67 bits per heavy atom. The van der Waals surface area contributed by atoms with Crippen molar-refractivity contribution in [1.82, 2.24) is 0 Å². The van der Waals surface area contributed by atoms with E-state index in [2.05, 4.69) is 13.5 Å². The monoisotopic (exact) mass is 381 g/mol. The summed E-state index contributed by atoms with van der Waals surface area (Å²) in [7, 11) is 0. The van der Waals surface area contributed by atoms with Crippen molar-refractivity contribution in [2.45, 2.75) is 82.8 Å². The Labute approximate surface area is 159 Å². The highest BCUT2D eigenvalue weighted by Crippen LogP contribution is 2.65. The maximum absolute atomic E-state index is 12.6. The van der Waals surface area contributed by atoms with Crippen LogP contribution in [0, 0.1) is 17.3 Å². The first-order chi connectivity index (χ1) is 12.5. The van der Waals surface area contributed by atoms with Crippen molar-refractivity contribution < 1.29 is 29.3 Å². The van der Waals surface area contributed by atoms with Gasteiger partial charge < -0.3 is 25.4 Å². The van der Waals surface area contributed by atoms with E-state index in [-0.39, 0.29) is 30.8 Å². The van der Waals surface area contributed by atoms with Gasteiger partial charge in [-0.3, -0.25) is 9.59 Å². The zero-order chi connectivity index (χ0) is 20.1. The number of fused-ring (bicyclic) bond motifs is 1. The van der Waals surface area contributed by atoms with Crippen LogP contribution in [0.2, 0.25) is 0 Å².